The first-order chi connectivity index (χ1) is 14.0. The smallest absolute Gasteiger partial charge is 0.340 e. The Morgan fingerprint density at radius 2 is 1.76 bits per heavy atom. The lowest BCUT2D eigenvalue weighted by Gasteiger charge is -2.10. The molecule has 2 aromatic rings. The number of carbonyl (C=O) groups is 3. The van der Waals surface area contributed by atoms with Gasteiger partial charge in [0.25, 0.3) is 5.91 Å². The van der Waals surface area contributed by atoms with E-state index in [1.54, 1.807) is 43.5 Å². The number of ether oxygens (including phenoxy) is 2. The number of esters is 1. The monoisotopic (exact) mass is 396 g/mol. The van der Waals surface area contributed by atoms with E-state index in [1.807, 2.05) is 19.1 Å². The van der Waals surface area contributed by atoms with Gasteiger partial charge in [0.2, 0.25) is 5.91 Å². The van der Waals surface area contributed by atoms with Crippen molar-refractivity contribution in [1.82, 2.24) is 5.32 Å². The second-order valence-corrected chi connectivity index (χ2v) is 6.07. The van der Waals surface area contributed by atoms with Crippen LogP contribution in [0.3, 0.4) is 0 Å². The van der Waals surface area contributed by atoms with Crippen molar-refractivity contribution in [3.8, 4) is 5.75 Å². The van der Waals surface area contributed by atoms with Crippen molar-refractivity contribution in [2.24, 2.45) is 0 Å². The molecular formula is C22H24N2O5. The van der Waals surface area contributed by atoms with Gasteiger partial charge < -0.3 is 20.1 Å². The SMILES string of the molecule is CCCNC(=O)COC(=O)c1ccccc1NC(=O)/C=C/c1ccc(OC)cc1. The van der Waals surface area contributed by atoms with Crippen LogP contribution in [0.25, 0.3) is 6.08 Å². The summed E-state index contributed by atoms with van der Waals surface area (Å²) >= 11 is 0. The predicted molar refractivity (Wildman–Crippen MR) is 111 cm³/mol. The van der Waals surface area contributed by atoms with E-state index in [-0.39, 0.29) is 18.1 Å². The molecule has 152 valence electrons. The van der Waals surface area contributed by atoms with Crippen LogP contribution in [0.5, 0.6) is 5.75 Å². The van der Waals surface area contributed by atoms with Crippen molar-refractivity contribution < 1.29 is 23.9 Å². The fourth-order valence-electron chi connectivity index (χ4n) is 2.36. The number of nitrogens with one attached hydrogen (secondary N) is 2. The Morgan fingerprint density at radius 3 is 2.45 bits per heavy atom. The van der Waals surface area contributed by atoms with Crippen LogP contribution in [-0.4, -0.2) is 38.0 Å². The van der Waals surface area contributed by atoms with E-state index in [0.717, 1.165) is 17.7 Å². The predicted octanol–water partition coefficient (Wildman–Crippen LogP) is 3.03. The highest BCUT2D eigenvalue weighted by molar-refractivity contribution is 6.06. The molecule has 0 bridgehead atoms. The molecule has 2 N–H and O–H groups in total. The van der Waals surface area contributed by atoms with Gasteiger partial charge in [0.1, 0.15) is 5.75 Å². The topological polar surface area (TPSA) is 93.7 Å². The van der Waals surface area contributed by atoms with E-state index < -0.39 is 11.9 Å². The van der Waals surface area contributed by atoms with Gasteiger partial charge in [-0.3, -0.25) is 9.59 Å². The molecule has 2 rings (SSSR count). The Hall–Kier alpha value is -3.61. The summed E-state index contributed by atoms with van der Waals surface area (Å²) in [7, 11) is 1.58. The van der Waals surface area contributed by atoms with Crippen LogP contribution < -0.4 is 15.4 Å². The Bertz CT molecular complexity index is 875. The third kappa shape index (κ3) is 7.14. The van der Waals surface area contributed by atoms with E-state index in [1.165, 1.54) is 12.1 Å². The third-order valence-electron chi connectivity index (χ3n) is 3.85. The van der Waals surface area contributed by atoms with Crippen LogP contribution in [-0.2, 0) is 14.3 Å². The lowest BCUT2D eigenvalue weighted by Crippen LogP contribution is -2.29. The average molecular weight is 396 g/mol. The molecule has 0 aliphatic rings. The zero-order chi connectivity index (χ0) is 21.1. The molecule has 0 heterocycles. The highest BCUT2D eigenvalue weighted by Gasteiger charge is 2.15. The molecule has 0 radical (unpaired) electrons. The number of anilines is 1. The maximum absolute atomic E-state index is 12.3. The summed E-state index contributed by atoms with van der Waals surface area (Å²) in [5.41, 5.74) is 1.30. The molecule has 0 atom stereocenters. The first-order valence-corrected chi connectivity index (χ1v) is 9.19. The maximum Gasteiger partial charge on any atom is 0.340 e. The molecular weight excluding hydrogens is 372 g/mol. The third-order valence-corrected chi connectivity index (χ3v) is 3.85. The van der Waals surface area contributed by atoms with Gasteiger partial charge >= 0.3 is 5.97 Å². The molecule has 0 aliphatic carbocycles. The molecule has 0 saturated heterocycles. The van der Waals surface area contributed by atoms with Crippen LogP contribution in [0.15, 0.2) is 54.6 Å². The summed E-state index contributed by atoms with van der Waals surface area (Å²) in [6.07, 6.45) is 3.80. The minimum absolute atomic E-state index is 0.169. The first-order valence-electron chi connectivity index (χ1n) is 9.19. The molecule has 0 saturated carbocycles. The zero-order valence-electron chi connectivity index (χ0n) is 16.4. The van der Waals surface area contributed by atoms with Gasteiger partial charge in [-0.15, -0.1) is 0 Å². The van der Waals surface area contributed by atoms with Crippen LogP contribution in [0.2, 0.25) is 0 Å². The Morgan fingerprint density at radius 1 is 1.03 bits per heavy atom. The van der Waals surface area contributed by atoms with Crippen LogP contribution >= 0.6 is 0 Å². The maximum atomic E-state index is 12.3. The summed E-state index contributed by atoms with van der Waals surface area (Å²) in [6.45, 7) is 2.07. The molecule has 0 spiro atoms. The average Bonchev–Trinajstić information content (AvgIpc) is 2.75. The van der Waals surface area contributed by atoms with Gasteiger partial charge in [-0.1, -0.05) is 31.2 Å². The van der Waals surface area contributed by atoms with E-state index in [2.05, 4.69) is 10.6 Å². The van der Waals surface area contributed by atoms with E-state index in [0.29, 0.717) is 12.2 Å². The molecule has 29 heavy (non-hydrogen) atoms. The number of hydrogen-bond donors (Lipinski definition) is 2. The zero-order valence-corrected chi connectivity index (χ0v) is 16.4. The Labute approximate surface area is 169 Å². The number of benzene rings is 2. The lowest BCUT2D eigenvalue weighted by molar-refractivity contribution is -0.124. The number of carbonyl (C=O) groups excluding carboxylic acids is 3. The summed E-state index contributed by atoms with van der Waals surface area (Å²) in [4.78, 5) is 36.1. The minimum atomic E-state index is -0.688. The van der Waals surface area contributed by atoms with Gasteiger partial charge in [0, 0.05) is 12.6 Å². The number of methoxy groups -OCH3 is 1. The van der Waals surface area contributed by atoms with Crippen molar-refractivity contribution >= 4 is 29.5 Å². The Kier molecular flexibility index (Phi) is 8.44. The molecule has 2 amide bonds. The molecule has 7 heteroatoms. The standard InChI is InChI=1S/C22H24N2O5/c1-3-14-23-21(26)15-29-22(27)18-6-4-5-7-19(18)24-20(25)13-10-16-8-11-17(28-2)12-9-16/h4-13H,3,14-15H2,1-2H3,(H,23,26)(H,24,25)/b13-10+. The van der Waals surface area contributed by atoms with E-state index >= 15 is 0 Å². The van der Waals surface area contributed by atoms with Crippen molar-refractivity contribution in [2.75, 3.05) is 25.6 Å². The van der Waals surface area contributed by atoms with Gasteiger partial charge in [-0.25, -0.2) is 4.79 Å². The second kappa shape index (κ2) is 11.3. The number of amides is 2. The van der Waals surface area contributed by atoms with Crippen molar-refractivity contribution in [3.05, 3.63) is 65.7 Å². The second-order valence-electron chi connectivity index (χ2n) is 6.07. The molecule has 0 fully saturated rings. The first kappa shape index (κ1) is 21.7. The summed E-state index contributed by atoms with van der Waals surface area (Å²) in [5.74, 6) is -0.736. The normalized spacial score (nSPS) is 10.4. The van der Waals surface area contributed by atoms with Crippen molar-refractivity contribution in [2.45, 2.75) is 13.3 Å². The van der Waals surface area contributed by atoms with Crippen molar-refractivity contribution in [1.29, 1.82) is 0 Å². The fraction of sp³-hybridized carbons (Fsp3) is 0.227. The number of para-hydroxylation sites is 1. The Balaban J connectivity index is 1.98. The summed E-state index contributed by atoms with van der Waals surface area (Å²) in [6, 6.07) is 13.7. The van der Waals surface area contributed by atoms with Crippen molar-refractivity contribution in [3.63, 3.8) is 0 Å². The summed E-state index contributed by atoms with van der Waals surface area (Å²) < 4.78 is 10.1. The van der Waals surface area contributed by atoms with Gasteiger partial charge in [0.15, 0.2) is 6.61 Å². The molecule has 0 aliphatic heterocycles. The lowest BCUT2D eigenvalue weighted by atomic mass is 10.1. The quantitative estimate of drug-likeness (QED) is 0.502. The van der Waals surface area contributed by atoms with Crippen LogP contribution in [0.4, 0.5) is 5.69 Å². The summed E-state index contributed by atoms with van der Waals surface area (Å²) in [5, 5.41) is 5.28. The highest BCUT2D eigenvalue weighted by Crippen LogP contribution is 2.17. The minimum Gasteiger partial charge on any atom is -0.497 e. The molecule has 2 aromatic carbocycles. The van der Waals surface area contributed by atoms with Gasteiger partial charge in [0.05, 0.1) is 18.4 Å². The number of rotatable bonds is 9. The van der Waals surface area contributed by atoms with E-state index in [9.17, 15) is 14.4 Å². The fourth-order valence-corrected chi connectivity index (χ4v) is 2.36. The molecule has 0 aromatic heterocycles. The van der Waals surface area contributed by atoms with Crippen LogP contribution in [0, 0.1) is 0 Å². The molecule has 7 nitrogen and oxygen atoms in total. The van der Waals surface area contributed by atoms with Gasteiger partial charge in [-0.2, -0.15) is 0 Å². The molecule has 0 unspecified atom stereocenters. The highest BCUT2D eigenvalue weighted by atomic mass is 16.5. The van der Waals surface area contributed by atoms with Gasteiger partial charge in [-0.05, 0) is 42.3 Å². The largest absolute Gasteiger partial charge is 0.497 e. The van der Waals surface area contributed by atoms with E-state index in [4.69, 9.17) is 9.47 Å². The number of hydrogen-bond acceptors (Lipinski definition) is 5. The van der Waals surface area contributed by atoms with Crippen LogP contribution in [0.1, 0.15) is 29.3 Å².